The number of carboxylic acid groups (broad SMARTS) is 2. The fraction of sp³-hybridized carbons (Fsp3) is 0.641. The number of ether oxygens (including phenoxy) is 4. The van der Waals surface area contributed by atoms with Gasteiger partial charge in [-0.2, -0.15) is 0 Å². The van der Waals surface area contributed by atoms with Gasteiger partial charge in [-0.05, 0) is 56.7 Å². The van der Waals surface area contributed by atoms with E-state index in [1.807, 2.05) is 0 Å². The van der Waals surface area contributed by atoms with Crippen molar-refractivity contribution in [1.29, 1.82) is 0 Å². The molecule has 2 rings (SSSR count). The zero-order valence-corrected chi connectivity index (χ0v) is 30.5. The lowest BCUT2D eigenvalue weighted by atomic mass is 9.81. The molecule has 1 fully saturated rings. The maximum absolute atomic E-state index is 13.7. The van der Waals surface area contributed by atoms with Crippen LogP contribution < -0.4 is 10.1 Å². The maximum Gasteiger partial charge on any atom is 0.336 e. The lowest BCUT2D eigenvalue weighted by Gasteiger charge is -2.30. The summed E-state index contributed by atoms with van der Waals surface area (Å²) in [6.07, 6.45) is 13.1. The molecule has 0 unspecified atom stereocenters. The molecule has 1 heterocycles. The van der Waals surface area contributed by atoms with Crippen LogP contribution in [0.2, 0.25) is 0 Å². The lowest BCUT2D eigenvalue weighted by Crippen LogP contribution is -2.55. The number of carbonyl (C=O) groups is 4. The standard InChI is InChI=1S/C39H57NO11/c1-4-6-8-12-15-23-38(50-27-28-51-38)24-16-13-10-9-11-14-17-32(39(47,37(45)46)25-22-34(41)42)35(43)40-33(36(44)48-3)29-30-18-20-31(21-19-30)49-26-7-5-2/h14,17-21,32-33,47H,4,6,8-13,15-16,22-29H2,1-3H3,(H,40,43)(H,41,42)(H,45,46)/b17-14+/t32-,33+,39+/m1/s1. The summed E-state index contributed by atoms with van der Waals surface area (Å²) in [7, 11) is 1.16. The van der Waals surface area contributed by atoms with Gasteiger partial charge in [0.1, 0.15) is 18.4 Å². The predicted octanol–water partition coefficient (Wildman–Crippen LogP) is 5.59. The number of amides is 1. The van der Waals surface area contributed by atoms with E-state index in [9.17, 15) is 34.5 Å². The number of allylic oxidation sites excluding steroid dienone is 1. The lowest BCUT2D eigenvalue weighted by molar-refractivity contribution is -0.169. The summed E-state index contributed by atoms with van der Waals surface area (Å²) in [6, 6.07) is 5.57. The number of nitrogens with one attached hydrogen (secondary N) is 1. The monoisotopic (exact) mass is 715 g/mol. The molecule has 0 radical (unpaired) electrons. The van der Waals surface area contributed by atoms with Crippen molar-refractivity contribution in [3.8, 4) is 17.6 Å². The first kappa shape index (κ1) is 43.2. The summed E-state index contributed by atoms with van der Waals surface area (Å²) in [4.78, 5) is 50.0. The van der Waals surface area contributed by atoms with Gasteiger partial charge in [0.25, 0.3) is 0 Å². The Kier molecular flexibility index (Phi) is 20.0. The van der Waals surface area contributed by atoms with Crippen molar-refractivity contribution >= 4 is 23.8 Å². The molecule has 1 amide bonds. The Labute approximate surface area is 302 Å². The van der Waals surface area contributed by atoms with Crippen LogP contribution in [0, 0.1) is 17.8 Å². The van der Waals surface area contributed by atoms with Crippen LogP contribution in [0.25, 0.3) is 0 Å². The summed E-state index contributed by atoms with van der Waals surface area (Å²) in [5.41, 5.74) is -2.10. The van der Waals surface area contributed by atoms with Gasteiger partial charge in [-0.15, -0.1) is 5.92 Å². The molecular weight excluding hydrogens is 658 g/mol. The molecule has 0 aromatic heterocycles. The van der Waals surface area contributed by atoms with Gasteiger partial charge in [-0.25, -0.2) is 9.59 Å². The molecule has 3 atom stereocenters. The highest BCUT2D eigenvalue weighted by Gasteiger charge is 2.47. The van der Waals surface area contributed by atoms with Crippen LogP contribution >= 0.6 is 0 Å². The second kappa shape index (κ2) is 23.5. The second-order valence-corrected chi connectivity index (χ2v) is 12.9. The van der Waals surface area contributed by atoms with Gasteiger partial charge in [0.05, 0.1) is 26.2 Å². The van der Waals surface area contributed by atoms with Crippen LogP contribution in [0.1, 0.15) is 109 Å². The Morgan fingerprint density at radius 1 is 0.980 bits per heavy atom. The summed E-state index contributed by atoms with van der Waals surface area (Å²) in [5, 5.41) is 33.0. The van der Waals surface area contributed by atoms with Crippen LogP contribution in [-0.4, -0.2) is 83.5 Å². The quantitative estimate of drug-likeness (QED) is 0.0407. The van der Waals surface area contributed by atoms with Crippen molar-refractivity contribution in [3.05, 3.63) is 42.0 Å². The van der Waals surface area contributed by atoms with Crippen molar-refractivity contribution in [1.82, 2.24) is 5.32 Å². The van der Waals surface area contributed by atoms with Crippen LogP contribution in [0.3, 0.4) is 0 Å². The minimum atomic E-state index is -2.74. The molecule has 51 heavy (non-hydrogen) atoms. The molecule has 0 bridgehead atoms. The number of aliphatic carboxylic acids is 2. The fourth-order valence-electron chi connectivity index (χ4n) is 6.05. The molecule has 1 saturated heterocycles. The van der Waals surface area contributed by atoms with E-state index in [0.29, 0.717) is 30.9 Å². The molecular formula is C39H57NO11. The Morgan fingerprint density at radius 2 is 1.61 bits per heavy atom. The van der Waals surface area contributed by atoms with E-state index in [4.69, 9.17) is 18.9 Å². The molecule has 284 valence electrons. The third-order valence-electron chi connectivity index (χ3n) is 9.02. The van der Waals surface area contributed by atoms with E-state index in [1.54, 1.807) is 37.3 Å². The van der Waals surface area contributed by atoms with Gasteiger partial charge in [0.2, 0.25) is 5.91 Å². The van der Waals surface area contributed by atoms with Crippen molar-refractivity contribution in [2.24, 2.45) is 5.92 Å². The van der Waals surface area contributed by atoms with E-state index in [2.05, 4.69) is 24.1 Å². The maximum atomic E-state index is 13.7. The Morgan fingerprint density at radius 3 is 2.18 bits per heavy atom. The van der Waals surface area contributed by atoms with Gasteiger partial charge >= 0.3 is 17.9 Å². The molecule has 1 aliphatic rings. The summed E-state index contributed by atoms with van der Waals surface area (Å²) in [6.45, 7) is 5.34. The summed E-state index contributed by atoms with van der Waals surface area (Å²) >= 11 is 0. The highest BCUT2D eigenvalue weighted by molar-refractivity contribution is 5.93. The second-order valence-electron chi connectivity index (χ2n) is 12.9. The van der Waals surface area contributed by atoms with Crippen LogP contribution in [0.4, 0.5) is 0 Å². The Bertz CT molecular complexity index is 1310. The minimum Gasteiger partial charge on any atom is -0.481 e. The highest BCUT2D eigenvalue weighted by atomic mass is 16.7. The Balaban J connectivity index is 2.06. The molecule has 0 aliphatic carbocycles. The predicted molar refractivity (Wildman–Crippen MR) is 191 cm³/mol. The number of carboxylic acids is 2. The molecule has 4 N–H and O–H groups in total. The molecule has 0 saturated carbocycles. The summed E-state index contributed by atoms with van der Waals surface area (Å²) in [5.74, 6) is -0.899. The first-order valence-corrected chi connectivity index (χ1v) is 18.1. The van der Waals surface area contributed by atoms with Gasteiger partial charge in [0, 0.05) is 25.7 Å². The van der Waals surface area contributed by atoms with Crippen molar-refractivity contribution in [3.63, 3.8) is 0 Å². The fourth-order valence-corrected chi connectivity index (χ4v) is 6.05. The van der Waals surface area contributed by atoms with E-state index >= 15 is 0 Å². The number of esters is 1. The topological polar surface area (TPSA) is 178 Å². The van der Waals surface area contributed by atoms with Gasteiger partial charge in [0.15, 0.2) is 11.4 Å². The van der Waals surface area contributed by atoms with Gasteiger partial charge in [-0.3, -0.25) is 9.59 Å². The molecule has 1 aromatic rings. The minimum absolute atomic E-state index is 0.000736. The third kappa shape index (κ3) is 15.5. The molecule has 12 nitrogen and oxygen atoms in total. The number of methoxy groups -OCH3 is 1. The molecule has 1 aromatic carbocycles. The number of benzene rings is 1. The van der Waals surface area contributed by atoms with Crippen molar-refractivity contribution in [2.75, 3.05) is 26.9 Å². The number of rotatable bonds is 26. The Hall–Kier alpha value is -3.92. The number of aliphatic hydroxyl groups is 1. The largest absolute Gasteiger partial charge is 0.481 e. The van der Waals surface area contributed by atoms with E-state index < -0.39 is 60.0 Å². The first-order valence-electron chi connectivity index (χ1n) is 18.1. The van der Waals surface area contributed by atoms with Crippen LogP contribution in [0.5, 0.6) is 5.75 Å². The van der Waals surface area contributed by atoms with Crippen molar-refractivity contribution < 1.29 is 53.4 Å². The number of unbranched alkanes of at least 4 members (excludes halogenated alkanes) is 8. The normalized spacial score (nSPS) is 16.0. The molecule has 12 heteroatoms. The van der Waals surface area contributed by atoms with Crippen LogP contribution in [0.15, 0.2) is 36.4 Å². The third-order valence-corrected chi connectivity index (χ3v) is 9.02. The number of hydrogen-bond acceptors (Lipinski definition) is 9. The van der Waals surface area contributed by atoms with Gasteiger partial charge in [-0.1, -0.05) is 75.7 Å². The average molecular weight is 716 g/mol. The van der Waals surface area contributed by atoms with Gasteiger partial charge < -0.3 is 39.6 Å². The van der Waals surface area contributed by atoms with E-state index in [1.165, 1.54) is 31.8 Å². The average Bonchev–Trinajstić information content (AvgIpc) is 3.58. The smallest absolute Gasteiger partial charge is 0.336 e. The zero-order chi connectivity index (χ0) is 37.5. The molecule has 0 spiro atoms. The zero-order valence-electron chi connectivity index (χ0n) is 30.5. The van der Waals surface area contributed by atoms with E-state index in [0.717, 1.165) is 52.1 Å². The summed E-state index contributed by atoms with van der Waals surface area (Å²) < 4.78 is 22.4. The highest BCUT2D eigenvalue weighted by Crippen LogP contribution is 2.32. The van der Waals surface area contributed by atoms with Crippen LogP contribution in [-0.2, 0) is 39.8 Å². The first-order chi connectivity index (χ1) is 24.5. The SMILES string of the molecule is CC#CCOc1ccc(C[C@H](NC(=O)[C@@H](/C=C/CCCCCCC2(CCCCCCC)OCCO2)[C@@](O)(CCC(=O)O)C(=O)O)C(=O)OC)cc1. The number of hydrogen-bond donors (Lipinski definition) is 4. The van der Waals surface area contributed by atoms with Crippen molar-refractivity contribution in [2.45, 2.75) is 128 Å². The molecule has 1 aliphatic heterocycles. The number of carbonyl (C=O) groups excluding carboxylic acids is 2. The van der Waals surface area contributed by atoms with E-state index in [-0.39, 0.29) is 13.0 Å².